The Morgan fingerprint density at radius 2 is 1.88 bits per heavy atom. The molecule has 1 heterocycles. The Hall–Kier alpha value is -3.42. The standard InChI is InChI=1S/C16H12N2O6/c1-22-15(20)7-4-3-5-9-13(7)18-14-10(24-9)6-8(19)12(17)11(14)16(21)23-2/h3-6H,17H2,1-2H3. The van der Waals surface area contributed by atoms with E-state index in [-0.39, 0.29) is 39.4 Å². The van der Waals surface area contributed by atoms with E-state index in [2.05, 4.69) is 9.72 Å². The number of nitrogens with two attached hydrogens (primary N) is 1. The fourth-order valence-electron chi connectivity index (χ4n) is 2.36. The van der Waals surface area contributed by atoms with Crippen LogP contribution in [0, 0.1) is 0 Å². The molecule has 0 atom stereocenters. The monoisotopic (exact) mass is 328 g/mol. The largest absolute Gasteiger partial charge is 0.465 e. The van der Waals surface area contributed by atoms with Gasteiger partial charge in [-0.05, 0) is 12.1 Å². The molecule has 24 heavy (non-hydrogen) atoms. The second-order valence-corrected chi connectivity index (χ2v) is 4.86. The molecule has 2 N–H and O–H groups in total. The number of para-hydroxylation sites is 1. The van der Waals surface area contributed by atoms with Crippen LogP contribution in [-0.4, -0.2) is 31.1 Å². The zero-order valence-electron chi connectivity index (χ0n) is 12.8. The van der Waals surface area contributed by atoms with Gasteiger partial charge in [-0.15, -0.1) is 0 Å². The summed E-state index contributed by atoms with van der Waals surface area (Å²) in [5, 5.41) is 0. The Kier molecular flexibility index (Phi) is 3.64. The molecule has 1 aromatic carbocycles. The van der Waals surface area contributed by atoms with Crippen molar-refractivity contribution in [2.75, 3.05) is 20.0 Å². The van der Waals surface area contributed by atoms with Gasteiger partial charge in [-0.2, -0.15) is 0 Å². The third-order valence-corrected chi connectivity index (χ3v) is 3.50. The number of aromatic nitrogens is 1. The zero-order valence-corrected chi connectivity index (χ0v) is 12.8. The lowest BCUT2D eigenvalue weighted by molar-refractivity contribution is 0.0594. The van der Waals surface area contributed by atoms with Crippen molar-refractivity contribution in [1.29, 1.82) is 0 Å². The molecule has 8 nitrogen and oxygen atoms in total. The predicted molar refractivity (Wildman–Crippen MR) is 84.0 cm³/mol. The highest BCUT2D eigenvalue weighted by molar-refractivity contribution is 6.04. The fraction of sp³-hybridized carbons (Fsp3) is 0.125. The second-order valence-electron chi connectivity index (χ2n) is 4.86. The highest BCUT2D eigenvalue weighted by Gasteiger charge is 2.26. The van der Waals surface area contributed by atoms with Crippen molar-refractivity contribution in [3.63, 3.8) is 0 Å². The lowest BCUT2D eigenvalue weighted by atomic mass is 10.1. The number of rotatable bonds is 2. The van der Waals surface area contributed by atoms with Crippen LogP contribution in [0.25, 0.3) is 22.6 Å². The van der Waals surface area contributed by atoms with Gasteiger partial charge in [-0.1, -0.05) is 6.07 Å². The van der Waals surface area contributed by atoms with Crippen LogP contribution in [0.5, 0.6) is 0 Å². The number of nitrogens with zero attached hydrogens (tertiary/aromatic N) is 1. The Labute approximate surface area is 135 Å². The van der Waals surface area contributed by atoms with E-state index in [1.807, 2.05) is 0 Å². The number of carbonyl (C=O) groups is 2. The minimum Gasteiger partial charge on any atom is -0.465 e. The number of nitrogen functional groups attached to an aromatic ring is 1. The summed E-state index contributed by atoms with van der Waals surface area (Å²) in [5.41, 5.74) is 5.24. The van der Waals surface area contributed by atoms with E-state index < -0.39 is 17.4 Å². The molecule has 0 aromatic heterocycles. The van der Waals surface area contributed by atoms with Gasteiger partial charge in [-0.25, -0.2) is 14.6 Å². The topological polar surface area (TPSA) is 122 Å². The van der Waals surface area contributed by atoms with Crippen molar-refractivity contribution in [3.05, 3.63) is 45.6 Å². The summed E-state index contributed by atoms with van der Waals surface area (Å²) in [6.07, 6.45) is 0. The number of ether oxygens (including phenoxy) is 2. The SMILES string of the molecule is COC(=O)c1c2nc3c(C(=O)OC)cccc3oc-2cc(=O)c1N. The predicted octanol–water partition coefficient (Wildman–Crippen LogP) is 1.45. The molecular weight excluding hydrogens is 316 g/mol. The van der Waals surface area contributed by atoms with Gasteiger partial charge in [0, 0.05) is 6.07 Å². The molecule has 0 amide bonds. The Balaban J connectivity index is 2.47. The molecule has 1 aliphatic carbocycles. The molecule has 0 spiro atoms. The number of methoxy groups -OCH3 is 2. The van der Waals surface area contributed by atoms with Crippen LogP contribution in [-0.2, 0) is 9.47 Å². The van der Waals surface area contributed by atoms with Gasteiger partial charge in [0.25, 0.3) is 0 Å². The van der Waals surface area contributed by atoms with Gasteiger partial charge in [-0.3, -0.25) is 4.79 Å². The number of benzene rings is 2. The molecule has 122 valence electrons. The zero-order chi connectivity index (χ0) is 17.4. The van der Waals surface area contributed by atoms with Crippen LogP contribution in [0.3, 0.4) is 0 Å². The number of anilines is 1. The van der Waals surface area contributed by atoms with E-state index >= 15 is 0 Å². The van der Waals surface area contributed by atoms with E-state index in [0.29, 0.717) is 0 Å². The van der Waals surface area contributed by atoms with E-state index in [1.54, 1.807) is 12.1 Å². The number of hydrogen-bond donors (Lipinski definition) is 1. The summed E-state index contributed by atoms with van der Waals surface area (Å²) in [6, 6.07) is 5.80. The van der Waals surface area contributed by atoms with Gasteiger partial charge in [0.05, 0.1) is 25.5 Å². The molecule has 3 rings (SSSR count). The van der Waals surface area contributed by atoms with Crippen LogP contribution < -0.4 is 11.2 Å². The van der Waals surface area contributed by atoms with E-state index in [0.717, 1.165) is 13.2 Å². The third kappa shape index (κ3) is 2.24. The molecule has 0 fully saturated rings. The van der Waals surface area contributed by atoms with E-state index in [4.69, 9.17) is 14.9 Å². The molecule has 2 aliphatic rings. The van der Waals surface area contributed by atoms with Crippen molar-refractivity contribution in [1.82, 2.24) is 4.98 Å². The van der Waals surface area contributed by atoms with Crippen molar-refractivity contribution < 1.29 is 23.5 Å². The first-order chi connectivity index (χ1) is 11.5. The summed E-state index contributed by atoms with van der Waals surface area (Å²) < 4.78 is 15.0. The van der Waals surface area contributed by atoms with Gasteiger partial charge in [0.15, 0.2) is 11.3 Å². The maximum Gasteiger partial charge on any atom is 0.342 e. The first-order valence-electron chi connectivity index (χ1n) is 6.80. The quantitative estimate of drug-likeness (QED) is 0.426. The van der Waals surface area contributed by atoms with Gasteiger partial charge in [0.1, 0.15) is 16.8 Å². The molecule has 1 aromatic rings. The molecule has 0 bridgehead atoms. The summed E-state index contributed by atoms with van der Waals surface area (Å²) >= 11 is 0. The average Bonchev–Trinajstić information content (AvgIpc) is 2.59. The van der Waals surface area contributed by atoms with Crippen LogP contribution in [0.15, 0.2) is 33.5 Å². The van der Waals surface area contributed by atoms with Crippen LogP contribution in [0.2, 0.25) is 0 Å². The van der Waals surface area contributed by atoms with Gasteiger partial charge < -0.3 is 19.6 Å². The number of esters is 2. The third-order valence-electron chi connectivity index (χ3n) is 3.50. The van der Waals surface area contributed by atoms with Crippen molar-refractivity contribution in [2.24, 2.45) is 0 Å². The lowest BCUT2D eigenvalue weighted by Crippen LogP contribution is -2.18. The van der Waals surface area contributed by atoms with E-state index in [9.17, 15) is 14.4 Å². The molecular formula is C16H12N2O6. The molecule has 0 saturated carbocycles. The minimum atomic E-state index is -0.826. The molecule has 8 heteroatoms. The van der Waals surface area contributed by atoms with Crippen LogP contribution in [0.4, 0.5) is 5.69 Å². The molecule has 0 radical (unpaired) electrons. The summed E-state index contributed by atoms with van der Waals surface area (Å²) in [7, 11) is 2.39. The maximum absolute atomic E-state index is 12.0. The summed E-state index contributed by atoms with van der Waals surface area (Å²) in [6.45, 7) is 0. The number of fused-ring (bicyclic) bond motifs is 2. The van der Waals surface area contributed by atoms with Crippen LogP contribution in [0.1, 0.15) is 20.7 Å². The first kappa shape index (κ1) is 15.5. The second kappa shape index (κ2) is 5.65. The minimum absolute atomic E-state index is 0.0304. The molecule has 1 aliphatic heterocycles. The number of carbonyl (C=O) groups excluding carboxylic acids is 2. The Bertz CT molecular complexity index is 1010. The van der Waals surface area contributed by atoms with E-state index in [1.165, 1.54) is 13.2 Å². The highest BCUT2D eigenvalue weighted by Crippen LogP contribution is 2.31. The lowest BCUT2D eigenvalue weighted by Gasteiger charge is -2.12. The van der Waals surface area contributed by atoms with Gasteiger partial charge >= 0.3 is 11.9 Å². The Morgan fingerprint density at radius 3 is 2.54 bits per heavy atom. The van der Waals surface area contributed by atoms with Crippen molar-refractivity contribution in [2.45, 2.75) is 0 Å². The highest BCUT2D eigenvalue weighted by atomic mass is 16.5. The average molecular weight is 328 g/mol. The van der Waals surface area contributed by atoms with Gasteiger partial charge in [0.2, 0.25) is 5.43 Å². The number of hydrogen-bond acceptors (Lipinski definition) is 8. The van der Waals surface area contributed by atoms with Crippen LogP contribution >= 0.6 is 0 Å². The Morgan fingerprint density at radius 1 is 1.17 bits per heavy atom. The first-order valence-corrected chi connectivity index (χ1v) is 6.80. The fourth-order valence-corrected chi connectivity index (χ4v) is 2.36. The van der Waals surface area contributed by atoms with Crippen molar-refractivity contribution >= 4 is 28.7 Å². The maximum atomic E-state index is 12.0. The molecule has 0 unspecified atom stereocenters. The normalized spacial score (nSPS) is 10.8. The smallest absolute Gasteiger partial charge is 0.342 e. The van der Waals surface area contributed by atoms with Crippen molar-refractivity contribution in [3.8, 4) is 11.5 Å². The summed E-state index contributed by atoms with van der Waals surface area (Å²) in [5.74, 6) is -1.38. The summed E-state index contributed by atoms with van der Waals surface area (Å²) in [4.78, 5) is 40.1. The molecule has 0 saturated heterocycles.